The van der Waals surface area contributed by atoms with Crippen LogP contribution < -0.4 is 0 Å². The summed E-state index contributed by atoms with van der Waals surface area (Å²) >= 11 is 0. The molecule has 2 aliphatic heterocycles. The van der Waals surface area contributed by atoms with Crippen molar-refractivity contribution in [2.45, 2.75) is 25.0 Å². The van der Waals surface area contributed by atoms with Gasteiger partial charge in [0, 0.05) is 33.1 Å². The van der Waals surface area contributed by atoms with Crippen molar-refractivity contribution in [3.63, 3.8) is 0 Å². The van der Waals surface area contributed by atoms with Crippen LogP contribution in [0.3, 0.4) is 0 Å². The van der Waals surface area contributed by atoms with E-state index in [1.54, 1.807) is 4.90 Å². The molecule has 0 radical (unpaired) electrons. The number of fused-ring (bicyclic) bond motifs is 3. The van der Waals surface area contributed by atoms with E-state index >= 15 is 0 Å². The number of hydrogen-bond donors (Lipinski definition) is 0. The number of amides is 1. The van der Waals surface area contributed by atoms with Crippen LogP contribution in [0, 0.1) is 0 Å². The summed E-state index contributed by atoms with van der Waals surface area (Å²) in [4.78, 5) is 15.8. The lowest BCUT2D eigenvalue weighted by molar-refractivity contribution is 0.0627. The maximum Gasteiger partial charge on any atom is 0.410 e. The smallest absolute Gasteiger partial charge is 0.410 e. The van der Waals surface area contributed by atoms with Crippen LogP contribution in [0.5, 0.6) is 0 Å². The molecule has 1 aliphatic carbocycles. The van der Waals surface area contributed by atoms with Gasteiger partial charge in [0.1, 0.15) is 5.60 Å². The van der Waals surface area contributed by atoms with Gasteiger partial charge in [-0.25, -0.2) is 4.79 Å². The molecule has 0 saturated carbocycles. The molecule has 4 heteroatoms. The first-order valence-corrected chi connectivity index (χ1v) is 8.98. The number of ether oxygens (including phenoxy) is 1. The van der Waals surface area contributed by atoms with Crippen molar-refractivity contribution in [3.8, 4) is 11.1 Å². The Labute approximate surface area is 148 Å². The predicted octanol–water partition coefficient (Wildman–Crippen LogP) is 3.28. The average molecular weight is 334 g/mol. The molecule has 0 N–H and O–H groups in total. The first-order chi connectivity index (χ1) is 12.1. The third-order valence-corrected chi connectivity index (χ3v) is 5.80. The molecule has 0 unspecified atom stereocenters. The van der Waals surface area contributed by atoms with Gasteiger partial charge in [0.05, 0.1) is 6.54 Å². The van der Waals surface area contributed by atoms with E-state index in [1.807, 2.05) is 7.05 Å². The van der Waals surface area contributed by atoms with Gasteiger partial charge in [-0.15, -0.1) is 0 Å². The first-order valence-electron chi connectivity index (χ1n) is 8.98. The second-order valence-electron chi connectivity index (χ2n) is 7.69. The van der Waals surface area contributed by atoms with Crippen molar-refractivity contribution in [2.75, 3.05) is 26.7 Å². The Morgan fingerprint density at radius 2 is 1.92 bits per heavy atom. The number of carbonyl (C=O) groups is 1. The Hall–Kier alpha value is -2.33. The third-order valence-electron chi connectivity index (χ3n) is 5.80. The molecule has 4 nitrogen and oxygen atoms in total. The van der Waals surface area contributed by atoms with Gasteiger partial charge in [0.25, 0.3) is 0 Å². The number of carbonyl (C=O) groups excluding carboxylic acids is 1. The highest BCUT2D eigenvalue weighted by molar-refractivity contribution is 5.76. The fraction of sp³-hybridized carbons (Fsp3) is 0.381. The lowest BCUT2D eigenvalue weighted by Crippen LogP contribution is -2.37. The molecule has 25 heavy (non-hydrogen) atoms. The van der Waals surface area contributed by atoms with Crippen molar-refractivity contribution in [1.82, 2.24) is 9.80 Å². The van der Waals surface area contributed by atoms with E-state index in [-0.39, 0.29) is 11.7 Å². The maximum atomic E-state index is 11.7. The highest BCUT2D eigenvalue weighted by Gasteiger charge is 2.48. The topological polar surface area (TPSA) is 32.8 Å². The minimum Gasteiger partial charge on any atom is -0.439 e. The molecule has 1 spiro atoms. The van der Waals surface area contributed by atoms with E-state index in [9.17, 15) is 4.79 Å². The van der Waals surface area contributed by atoms with Gasteiger partial charge in [0.2, 0.25) is 0 Å². The minimum atomic E-state index is -0.293. The van der Waals surface area contributed by atoms with Crippen LogP contribution in [0.25, 0.3) is 11.1 Å². The number of nitrogens with zero attached hydrogens (tertiary/aromatic N) is 2. The molecule has 3 aliphatic rings. The van der Waals surface area contributed by atoms with Crippen LogP contribution in [0.2, 0.25) is 0 Å². The van der Waals surface area contributed by atoms with Crippen LogP contribution in [-0.4, -0.2) is 48.2 Å². The standard InChI is InChI=1S/C21H22N2O2/c1-22-13-21(25-20(22)24)8-9-23(14-21)12-15-6-7-19-17(10-15)11-16-4-2-3-5-18(16)19/h2-7,10H,8-9,11-14H2,1H3/t21-/m0/s1. The third kappa shape index (κ3) is 2.44. The molecular weight excluding hydrogens is 312 g/mol. The van der Waals surface area contributed by atoms with E-state index < -0.39 is 0 Å². The van der Waals surface area contributed by atoms with Gasteiger partial charge in [-0.1, -0.05) is 42.5 Å². The van der Waals surface area contributed by atoms with Gasteiger partial charge in [0.15, 0.2) is 0 Å². The molecule has 0 aromatic heterocycles. The zero-order valence-electron chi connectivity index (χ0n) is 14.5. The molecule has 1 amide bonds. The number of likely N-dealkylation sites (tertiary alicyclic amines) is 1. The molecule has 2 heterocycles. The average Bonchev–Trinajstić information content (AvgIpc) is 3.23. The normalized spacial score (nSPS) is 24.7. The van der Waals surface area contributed by atoms with Crippen molar-refractivity contribution < 1.29 is 9.53 Å². The highest BCUT2D eigenvalue weighted by Crippen LogP contribution is 2.37. The van der Waals surface area contributed by atoms with Gasteiger partial charge in [-0.3, -0.25) is 4.90 Å². The SMILES string of the molecule is CN1C[C@]2(CCN(Cc3ccc4c(c3)Cc3ccccc3-4)C2)OC1=O. The summed E-state index contributed by atoms with van der Waals surface area (Å²) in [5.41, 5.74) is 6.67. The Morgan fingerprint density at radius 3 is 2.76 bits per heavy atom. The van der Waals surface area contributed by atoms with Crippen LogP contribution in [0.4, 0.5) is 4.79 Å². The summed E-state index contributed by atoms with van der Waals surface area (Å²) in [5.74, 6) is 0. The molecule has 2 aromatic carbocycles. The van der Waals surface area contributed by atoms with E-state index in [0.717, 1.165) is 32.5 Å². The second-order valence-corrected chi connectivity index (χ2v) is 7.69. The largest absolute Gasteiger partial charge is 0.439 e. The zero-order valence-corrected chi connectivity index (χ0v) is 14.5. The molecular formula is C21H22N2O2. The Bertz CT molecular complexity index is 863. The molecule has 1 atom stereocenters. The molecule has 5 rings (SSSR count). The van der Waals surface area contributed by atoms with Gasteiger partial charge in [-0.2, -0.15) is 0 Å². The van der Waals surface area contributed by atoms with Crippen LogP contribution in [-0.2, 0) is 17.7 Å². The number of likely N-dealkylation sites (N-methyl/N-ethyl adjacent to an activating group) is 1. The Balaban J connectivity index is 1.32. The lowest BCUT2D eigenvalue weighted by Gasteiger charge is -2.22. The van der Waals surface area contributed by atoms with E-state index in [1.165, 1.54) is 27.8 Å². The summed E-state index contributed by atoms with van der Waals surface area (Å²) in [6, 6.07) is 15.6. The summed E-state index contributed by atoms with van der Waals surface area (Å²) in [5, 5.41) is 0. The van der Waals surface area contributed by atoms with Gasteiger partial charge >= 0.3 is 6.09 Å². The molecule has 2 aromatic rings. The fourth-order valence-corrected chi connectivity index (χ4v) is 4.62. The molecule has 2 saturated heterocycles. The Morgan fingerprint density at radius 1 is 1.08 bits per heavy atom. The van der Waals surface area contributed by atoms with E-state index in [4.69, 9.17) is 4.74 Å². The van der Waals surface area contributed by atoms with Crippen LogP contribution >= 0.6 is 0 Å². The summed E-state index contributed by atoms with van der Waals surface area (Å²) in [6.07, 6.45) is 1.78. The monoisotopic (exact) mass is 334 g/mol. The summed E-state index contributed by atoms with van der Waals surface area (Å²) < 4.78 is 5.65. The van der Waals surface area contributed by atoms with Gasteiger partial charge < -0.3 is 9.64 Å². The fourth-order valence-electron chi connectivity index (χ4n) is 4.62. The quantitative estimate of drug-likeness (QED) is 0.721. The van der Waals surface area contributed by atoms with E-state index in [2.05, 4.69) is 47.4 Å². The Kier molecular flexibility index (Phi) is 3.19. The van der Waals surface area contributed by atoms with Gasteiger partial charge in [-0.05, 0) is 34.2 Å². The second kappa shape index (κ2) is 5.33. The molecule has 0 bridgehead atoms. The molecule has 2 fully saturated rings. The van der Waals surface area contributed by atoms with Crippen LogP contribution in [0.1, 0.15) is 23.1 Å². The maximum absolute atomic E-state index is 11.7. The van der Waals surface area contributed by atoms with Crippen molar-refractivity contribution >= 4 is 6.09 Å². The van der Waals surface area contributed by atoms with Crippen molar-refractivity contribution in [1.29, 1.82) is 0 Å². The zero-order chi connectivity index (χ0) is 17.0. The van der Waals surface area contributed by atoms with Crippen LogP contribution in [0.15, 0.2) is 42.5 Å². The summed E-state index contributed by atoms with van der Waals surface area (Å²) in [7, 11) is 1.82. The van der Waals surface area contributed by atoms with E-state index in [0.29, 0.717) is 6.54 Å². The highest BCUT2D eigenvalue weighted by atomic mass is 16.6. The number of hydrogen-bond acceptors (Lipinski definition) is 3. The minimum absolute atomic E-state index is 0.183. The van der Waals surface area contributed by atoms with Crippen molar-refractivity contribution in [3.05, 3.63) is 59.2 Å². The molecule has 128 valence electrons. The number of benzene rings is 2. The summed E-state index contributed by atoms with van der Waals surface area (Å²) in [6.45, 7) is 3.45. The lowest BCUT2D eigenvalue weighted by atomic mass is 10.0. The van der Waals surface area contributed by atoms with Crippen molar-refractivity contribution in [2.24, 2.45) is 0 Å². The first kappa shape index (κ1) is 15.0. The number of rotatable bonds is 2. The predicted molar refractivity (Wildman–Crippen MR) is 96.4 cm³/mol.